The van der Waals surface area contributed by atoms with Crippen LogP contribution in [0.3, 0.4) is 0 Å². The summed E-state index contributed by atoms with van der Waals surface area (Å²) in [5.41, 5.74) is 2.76. The predicted octanol–water partition coefficient (Wildman–Crippen LogP) is 6.20. The van der Waals surface area contributed by atoms with E-state index in [0.29, 0.717) is 5.70 Å². The molecule has 30 heavy (non-hydrogen) atoms. The van der Waals surface area contributed by atoms with Crippen molar-refractivity contribution < 1.29 is 9.72 Å². The summed E-state index contributed by atoms with van der Waals surface area (Å²) in [4.78, 5) is 25.5. The average molecular weight is 529 g/mol. The molecular weight excluding hydrogens is 514 g/mol. The minimum atomic E-state index is -0.438. The van der Waals surface area contributed by atoms with Crippen molar-refractivity contribution in [3.05, 3.63) is 109 Å². The lowest BCUT2D eigenvalue weighted by atomic mass is 10.1. The van der Waals surface area contributed by atoms with Gasteiger partial charge in [-0.25, -0.2) is 0 Å². The van der Waals surface area contributed by atoms with Crippen LogP contribution >= 0.6 is 31.9 Å². The molecule has 0 aromatic heterocycles. The van der Waals surface area contributed by atoms with Crippen LogP contribution < -0.4 is 10.2 Å². The Morgan fingerprint density at radius 2 is 1.43 bits per heavy atom. The predicted molar refractivity (Wildman–Crippen MR) is 123 cm³/mol. The minimum absolute atomic E-state index is 0.00968. The number of benzene rings is 3. The Morgan fingerprint density at radius 3 is 2.00 bits per heavy atom. The van der Waals surface area contributed by atoms with E-state index in [2.05, 4.69) is 37.2 Å². The van der Waals surface area contributed by atoms with Gasteiger partial charge in [-0.1, -0.05) is 31.9 Å². The van der Waals surface area contributed by atoms with Crippen molar-refractivity contribution in [2.75, 3.05) is 10.2 Å². The summed E-state index contributed by atoms with van der Waals surface area (Å²) in [5, 5.41) is 14.2. The molecule has 6 nitrogen and oxygen atoms in total. The second-order valence-electron chi connectivity index (χ2n) is 6.66. The van der Waals surface area contributed by atoms with Gasteiger partial charge in [0.2, 0.25) is 0 Å². The fourth-order valence-electron chi connectivity index (χ4n) is 3.26. The molecule has 4 rings (SSSR count). The highest BCUT2D eigenvalue weighted by Crippen LogP contribution is 2.37. The van der Waals surface area contributed by atoms with Gasteiger partial charge in [-0.05, 0) is 72.3 Å². The third-order valence-corrected chi connectivity index (χ3v) is 5.78. The fourth-order valence-corrected chi connectivity index (χ4v) is 3.79. The Kier molecular flexibility index (Phi) is 5.69. The molecular formula is C22H15Br2N3O3. The van der Waals surface area contributed by atoms with E-state index < -0.39 is 11.0 Å². The number of nitrogens with zero attached hydrogens (tertiary/aromatic N) is 2. The van der Waals surface area contributed by atoms with Crippen LogP contribution in [-0.4, -0.2) is 10.8 Å². The van der Waals surface area contributed by atoms with Gasteiger partial charge in [0.1, 0.15) is 5.70 Å². The number of hydrogen-bond donors (Lipinski definition) is 1. The average Bonchev–Trinajstić information content (AvgIpc) is 3.06. The molecule has 150 valence electrons. The molecule has 1 N–H and O–H groups in total. The largest absolute Gasteiger partial charge is 0.351 e. The van der Waals surface area contributed by atoms with E-state index in [1.165, 1.54) is 12.1 Å². The number of carbonyl (C=O) groups excluding carboxylic acids is 1. The summed E-state index contributed by atoms with van der Waals surface area (Å²) in [5.74, 6) is -0.177. The summed E-state index contributed by atoms with van der Waals surface area (Å²) < 4.78 is 1.85. The van der Waals surface area contributed by atoms with Crippen molar-refractivity contribution in [2.24, 2.45) is 0 Å². The molecule has 1 aliphatic rings. The van der Waals surface area contributed by atoms with Gasteiger partial charge < -0.3 is 5.32 Å². The number of nitrogens with one attached hydrogen (secondary N) is 1. The molecule has 0 fully saturated rings. The van der Waals surface area contributed by atoms with Crippen LogP contribution in [0.15, 0.2) is 93.5 Å². The van der Waals surface area contributed by atoms with Crippen LogP contribution in [0.2, 0.25) is 0 Å². The Bertz CT molecular complexity index is 1130. The molecule has 3 aromatic carbocycles. The first-order chi connectivity index (χ1) is 14.4. The first kappa shape index (κ1) is 20.3. The third-order valence-electron chi connectivity index (χ3n) is 4.73. The highest BCUT2D eigenvalue weighted by Gasteiger charge is 2.35. The van der Waals surface area contributed by atoms with Crippen molar-refractivity contribution in [1.29, 1.82) is 0 Å². The van der Waals surface area contributed by atoms with Gasteiger partial charge in [-0.3, -0.25) is 19.8 Å². The van der Waals surface area contributed by atoms with Gasteiger partial charge in [-0.2, -0.15) is 0 Å². The number of rotatable bonds is 5. The summed E-state index contributed by atoms with van der Waals surface area (Å²) in [7, 11) is 0. The fraction of sp³-hybridized carbons (Fsp3) is 0.0455. The standard InChI is InChI=1S/C22H15Br2N3O3/c23-15-3-7-17(8-4-15)25-20-13-21(14-1-9-19(10-2-14)27(29)30)26(22(20)28)18-11-5-16(24)6-12-18/h1-13,21,25H/t21-/m0/s1. The molecule has 3 aromatic rings. The molecule has 0 unspecified atom stereocenters. The number of halogens is 2. The van der Waals surface area contributed by atoms with E-state index in [1.54, 1.807) is 17.0 Å². The van der Waals surface area contributed by atoms with E-state index >= 15 is 0 Å². The first-order valence-electron chi connectivity index (χ1n) is 9.00. The highest BCUT2D eigenvalue weighted by atomic mass is 79.9. The lowest BCUT2D eigenvalue weighted by molar-refractivity contribution is -0.384. The quantitative estimate of drug-likeness (QED) is 0.316. The molecule has 1 heterocycles. The van der Waals surface area contributed by atoms with E-state index in [1.807, 2.05) is 54.6 Å². The molecule has 1 amide bonds. The maximum atomic E-state index is 13.3. The Balaban J connectivity index is 1.72. The van der Waals surface area contributed by atoms with Crippen molar-refractivity contribution in [3.63, 3.8) is 0 Å². The maximum absolute atomic E-state index is 13.3. The number of carbonyl (C=O) groups is 1. The van der Waals surface area contributed by atoms with Gasteiger partial charge in [0.05, 0.1) is 11.0 Å². The second kappa shape index (κ2) is 8.41. The van der Waals surface area contributed by atoms with E-state index in [4.69, 9.17) is 0 Å². The number of amides is 1. The number of hydrogen-bond acceptors (Lipinski definition) is 4. The van der Waals surface area contributed by atoms with Gasteiger partial charge in [0.15, 0.2) is 0 Å². The van der Waals surface area contributed by atoms with Gasteiger partial charge in [-0.15, -0.1) is 0 Å². The Hall–Kier alpha value is -2.97. The van der Waals surface area contributed by atoms with Crippen molar-refractivity contribution in [2.45, 2.75) is 6.04 Å². The first-order valence-corrected chi connectivity index (χ1v) is 10.6. The smallest absolute Gasteiger partial charge is 0.275 e. The molecule has 0 spiro atoms. The molecule has 8 heteroatoms. The lowest BCUT2D eigenvalue weighted by Gasteiger charge is -2.25. The Morgan fingerprint density at radius 1 is 0.867 bits per heavy atom. The molecule has 0 radical (unpaired) electrons. The van der Waals surface area contributed by atoms with Crippen LogP contribution in [0.4, 0.5) is 17.1 Å². The van der Waals surface area contributed by atoms with Crippen molar-refractivity contribution in [1.82, 2.24) is 0 Å². The van der Waals surface area contributed by atoms with Gasteiger partial charge >= 0.3 is 0 Å². The zero-order valence-electron chi connectivity index (χ0n) is 15.5. The summed E-state index contributed by atoms with van der Waals surface area (Å²) in [6, 6.07) is 20.9. The van der Waals surface area contributed by atoms with Crippen molar-refractivity contribution in [3.8, 4) is 0 Å². The Labute approximate surface area is 189 Å². The molecule has 1 aliphatic heterocycles. The van der Waals surface area contributed by atoms with Crippen LogP contribution in [0.25, 0.3) is 0 Å². The number of anilines is 2. The summed E-state index contributed by atoms with van der Waals surface area (Å²) in [6.45, 7) is 0. The molecule has 0 saturated heterocycles. The van der Waals surface area contributed by atoms with E-state index in [-0.39, 0.29) is 11.6 Å². The van der Waals surface area contributed by atoms with Crippen LogP contribution in [0, 0.1) is 10.1 Å². The van der Waals surface area contributed by atoms with Crippen molar-refractivity contribution >= 4 is 54.8 Å². The highest BCUT2D eigenvalue weighted by molar-refractivity contribution is 9.10. The van der Waals surface area contributed by atoms with E-state index in [9.17, 15) is 14.9 Å². The van der Waals surface area contributed by atoms with Crippen LogP contribution in [-0.2, 0) is 4.79 Å². The number of nitro groups is 1. The third kappa shape index (κ3) is 4.15. The zero-order chi connectivity index (χ0) is 21.3. The van der Waals surface area contributed by atoms with E-state index in [0.717, 1.165) is 25.9 Å². The van der Waals surface area contributed by atoms with Gasteiger partial charge in [0.25, 0.3) is 11.6 Å². The monoisotopic (exact) mass is 527 g/mol. The normalized spacial score (nSPS) is 15.8. The summed E-state index contributed by atoms with van der Waals surface area (Å²) >= 11 is 6.82. The zero-order valence-corrected chi connectivity index (χ0v) is 18.6. The van der Waals surface area contributed by atoms with Crippen LogP contribution in [0.1, 0.15) is 11.6 Å². The van der Waals surface area contributed by atoms with Gasteiger partial charge in [0, 0.05) is 32.5 Å². The second-order valence-corrected chi connectivity index (χ2v) is 8.49. The van der Waals surface area contributed by atoms with Crippen LogP contribution in [0.5, 0.6) is 0 Å². The number of nitro benzene ring substituents is 1. The molecule has 0 saturated carbocycles. The SMILES string of the molecule is O=C1C(Nc2ccc(Br)cc2)=C[C@@H](c2ccc([N+](=O)[O-])cc2)N1c1ccc(Br)cc1. The number of non-ortho nitro benzene ring substituents is 1. The molecule has 0 bridgehead atoms. The minimum Gasteiger partial charge on any atom is -0.351 e. The molecule has 0 aliphatic carbocycles. The summed E-state index contributed by atoms with van der Waals surface area (Å²) in [6.07, 6.45) is 1.84. The molecule has 1 atom stereocenters. The lowest BCUT2D eigenvalue weighted by Crippen LogP contribution is -2.30. The maximum Gasteiger partial charge on any atom is 0.275 e. The topological polar surface area (TPSA) is 75.5 Å².